The monoisotopic (exact) mass is 128 g/mol. The summed E-state index contributed by atoms with van der Waals surface area (Å²) in [5.41, 5.74) is 5.09. The first kappa shape index (κ1) is 10.6. The first-order chi connectivity index (χ1) is 2.64. The van der Waals surface area contributed by atoms with Gasteiger partial charge in [-0.25, -0.2) is 0 Å². The first-order valence-corrected chi connectivity index (χ1v) is 2.02. The van der Waals surface area contributed by atoms with Crippen LogP contribution in [0.3, 0.4) is 0 Å². The van der Waals surface area contributed by atoms with Crippen molar-refractivity contribution in [1.82, 2.24) is 4.90 Å². The van der Waals surface area contributed by atoms with Gasteiger partial charge in [-0.2, -0.15) is 0 Å². The van der Waals surface area contributed by atoms with Gasteiger partial charge < -0.3 is 12.1 Å². The standard InChI is InChI=1S/C3H8N2S.Na.H/c1-5(2)3(4)6;;/h1-2H3,(H2,4,6);;/q;+1;-1. The zero-order chi connectivity index (χ0) is 5.15. The molecule has 0 aromatic heterocycles. The fraction of sp³-hybridized carbons (Fsp3) is 0.667. The fourth-order valence-electron chi connectivity index (χ4n) is 0. The molecule has 2 nitrogen and oxygen atoms in total. The molecule has 0 bridgehead atoms. The predicted octanol–water partition coefficient (Wildman–Crippen LogP) is -3.09. The van der Waals surface area contributed by atoms with Crippen molar-refractivity contribution in [2.75, 3.05) is 14.1 Å². The van der Waals surface area contributed by atoms with Gasteiger partial charge in [-0.1, -0.05) is 0 Å². The third kappa shape index (κ3) is 6.69. The quantitative estimate of drug-likeness (QED) is 0.277. The summed E-state index contributed by atoms with van der Waals surface area (Å²) in [6, 6.07) is 0. The van der Waals surface area contributed by atoms with Crippen molar-refractivity contribution in [3.05, 3.63) is 0 Å². The van der Waals surface area contributed by atoms with E-state index >= 15 is 0 Å². The summed E-state index contributed by atoms with van der Waals surface area (Å²) in [5, 5.41) is 0.426. The van der Waals surface area contributed by atoms with E-state index in [4.69, 9.17) is 5.73 Å². The molecule has 0 heterocycles. The van der Waals surface area contributed by atoms with Crippen LogP contribution in [0.5, 0.6) is 0 Å². The van der Waals surface area contributed by atoms with Crippen LogP contribution in [0.4, 0.5) is 0 Å². The zero-order valence-electron chi connectivity index (χ0n) is 5.93. The number of nitrogens with zero attached hydrogens (tertiary/aromatic N) is 1. The molecule has 0 radical (unpaired) electrons. The Morgan fingerprint density at radius 3 is 1.86 bits per heavy atom. The second-order valence-electron chi connectivity index (χ2n) is 1.23. The van der Waals surface area contributed by atoms with Gasteiger partial charge in [0, 0.05) is 14.1 Å². The molecule has 0 aromatic rings. The Kier molecular flexibility index (Phi) is 7.35. The number of hydrogen-bond acceptors (Lipinski definition) is 1. The Morgan fingerprint density at radius 1 is 1.71 bits per heavy atom. The van der Waals surface area contributed by atoms with Crippen molar-refractivity contribution in [1.29, 1.82) is 0 Å². The largest absolute Gasteiger partial charge is 1.00 e. The van der Waals surface area contributed by atoms with Crippen molar-refractivity contribution in [3.63, 3.8) is 0 Å². The van der Waals surface area contributed by atoms with Crippen LogP contribution in [0.2, 0.25) is 0 Å². The molecule has 4 heteroatoms. The number of nitrogens with two attached hydrogens (primary N) is 1. The molecule has 0 aromatic carbocycles. The molecule has 0 amide bonds. The van der Waals surface area contributed by atoms with Crippen LogP contribution in [0.1, 0.15) is 1.43 Å². The molecule has 2 N–H and O–H groups in total. The molecule has 38 valence electrons. The third-order valence-electron chi connectivity index (χ3n) is 0.441. The maximum atomic E-state index is 5.09. The average Bonchev–Trinajstić information content (AvgIpc) is 1.36. The third-order valence-corrected chi connectivity index (χ3v) is 0.806. The smallest absolute Gasteiger partial charge is 1.00 e. The minimum atomic E-state index is 0. The summed E-state index contributed by atoms with van der Waals surface area (Å²) in [6.07, 6.45) is 0. The van der Waals surface area contributed by atoms with E-state index in [1.165, 1.54) is 0 Å². The Balaban J connectivity index is -0.000000125. The molecule has 0 saturated carbocycles. The van der Waals surface area contributed by atoms with E-state index in [2.05, 4.69) is 12.2 Å². The fourth-order valence-corrected chi connectivity index (χ4v) is 0. The van der Waals surface area contributed by atoms with Gasteiger partial charge in [-0.15, -0.1) is 0 Å². The van der Waals surface area contributed by atoms with E-state index in [0.29, 0.717) is 5.11 Å². The van der Waals surface area contributed by atoms with Crippen molar-refractivity contribution < 1.29 is 31.0 Å². The van der Waals surface area contributed by atoms with Crippen LogP contribution in [0.15, 0.2) is 0 Å². The Bertz CT molecular complexity index is 68.3. The van der Waals surface area contributed by atoms with Gasteiger partial charge in [-0.05, 0) is 12.2 Å². The van der Waals surface area contributed by atoms with Gasteiger partial charge in [-0.3, -0.25) is 0 Å². The van der Waals surface area contributed by atoms with Crippen molar-refractivity contribution in [3.8, 4) is 0 Å². The summed E-state index contributed by atoms with van der Waals surface area (Å²) >= 11 is 4.52. The number of thiocarbonyl (C=S) groups is 1. The van der Waals surface area contributed by atoms with Gasteiger partial charge in [0.15, 0.2) is 5.11 Å². The Morgan fingerprint density at radius 2 is 1.86 bits per heavy atom. The maximum Gasteiger partial charge on any atom is 1.00 e. The Hall–Kier alpha value is 0.690. The van der Waals surface area contributed by atoms with E-state index in [-0.39, 0.29) is 31.0 Å². The number of hydrogen-bond donors (Lipinski definition) is 1. The molecule has 0 rings (SSSR count). The van der Waals surface area contributed by atoms with Gasteiger partial charge in [0.25, 0.3) is 0 Å². The van der Waals surface area contributed by atoms with Crippen LogP contribution in [0, 0.1) is 0 Å². The molecular formula is C3H9N2NaS. The molecule has 0 fully saturated rings. The van der Waals surface area contributed by atoms with Crippen LogP contribution in [0.25, 0.3) is 0 Å². The van der Waals surface area contributed by atoms with Crippen LogP contribution in [-0.4, -0.2) is 24.1 Å². The van der Waals surface area contributed by atoms with Gasteiger partial charge in [0.1, 0.15) is 0 Å². The number of rotatable bonds is 0. The second kappa shape index (κ2) is 4.84. The van der Waals surface area contributed by atoms with E-state index in [9.17, 15) is 0 Å². The minimum Gasteiger partial charge on any atom is -1.00 e. The van der Waals surface area contributed by atoms with Gasteiger partial charge >= 0.3 is 29.6 Å². The van der Waals surface area contributed by atoms with Crippen LogP contribution in [-0.2, 0) is 0 Å². The van der Waals surface area contributed by atoms with E-state index < -0.39 is 0 Å². The summed E-state index contributed by atoms with van der Waals surface area (Å²) in [5.74, 6) is 0. The predicted molar refractivity (Wildman–Crippen MR) is 31.6 cm³/mol. The van der Waals surface area contributed by atoms with E-state index in [0.717, 1.165) is 0 Å². The second-order valence-corrected chi connectivity index (χ2v) is 1.65. The first-order valence-electron chi connectivity index (χ1n) is 1.61. The summed E-state index contributed by atoms with van der Waals surface area (Å²) in [7, 11) is 3.62. The van der Waals surface area contributed by atoms with Crippen molar-refractivity contribution >= 4 is 17.3 Å². The molecule has 0 spiro atoms. The van der Waals surface area contributed by atoms with Crippen molar-refractivity contribution in [2.45, 2.75) is 0 Å². The van der Waals surface area contributed by atoms with E-state index in [1.54, 1.807) is 4.90 Å². The molecule has 0 unspecified atom stereocenters. The topological polar surface area (TPSA) is 29.3 Å². The molecule has 0 aliphatic rings. The van der Waals surface area contributed by atoms with Crippen LogP contribution >= 0.6 is 12.2 Å². The average molecular weight is 128 g/mol. The molecule has 0 aliphatic heterocycles. The molecule has 0 aliphatic carbocycles. The normalized spacial score (nSPS) is 6.57. The maximum absolute atomic E-state index is 5.09. The summed E-state index contributed by atoms with van der Waals surface area (Å²) in [4.78, 5) is 1.68. The van der Waals surface area contributed by atoms with Crippen LogP contribution < -0.4 is 35.3 Å². The molecular weight excluding hydrogens is 119 g/mol. The van der Waals surface area contributed by atoms with Gasteiger partial charge in [0.2, 0.25) is 0 Å². The Labute approximate surface area is 72.8 Å². The minimum absolute atomic E-state index is 0. The van der Waals surface area contributed by atoms with Crippen molar-refractivity contribution in [2.24, 2.45) is 5.73 Å². The SMILES string of the molecule is CN(C)C(N)=S.[H-].[Na+]. The zero-order valence-corrected chi connectivity index (χ0v) is 7.75. The molecule has 0 atom stereocenters. The summed E-state index contributed by atoms with van der Waals surface area (Å²) < 4.78 is 0. The van der Waals surface area contributed by atoms with Gasteiger partial charge in [0.05, 0.1) is 0 Å². The van der Waals surface area contributed by atoms with E-state index in [1.807, 2.05) is 14.1 Å². The molecule has 7 heavy (non-hydrogen) atoms. The summed E-state index contributed by atoms with van der Waals surface area (Å²) in [6.45, 7) is 0. The molecule has 0 saturated heterocycles.